The van der Waals surface area contributed by atoms with Crippen LogP contribution in [0.1, 0.15) is 18.3 Å². The maximum atomic E-state index is 6.06. The van der Waals surface area contributed by atoms with Crippen LogP contribution >= 0.6 is 11.6 Å². The largest absolute Gasteiger partial charge is 0.352 e. The van der Waals surface area contributed by atoms with Gasteiger partial charge in [-0.2, -0.15) is 0 Å². The molecule has 0 saturated carbocycles. The van der Waals surface area contributed by atoms with Crippen LogP contribution in [0.25, 0.3) is 0 Å². The molecule has 25 heavy (non-hydrogen) atoms. The number of hydrogen-bond acceptors (Lipinski definition) is 4. The van der Waals surface area contributed by atoms with Crippen LogP contribution in [0.5, 0.6) is 0 Å². The number of rotatable bonds is 6. The van der Waals surface area contributed by atoms with E-state index in [9.17, 15) is 0 Å². The van der Waals surface area contributed by atoms with E-state index in [1.54, 1.807) is 0 Å². The van der Waals surface area contributed by atoms with Gasteiger partial charge in [-0.05, 0) is 37.6 Å². The minimum atomic E-state index is 0.690. The minimum absolute atomic E-state index is 0.690. The molecule has 0 amide bonds. The number of hydrogen-bond donors (Lipinski definition) is 1. The molecule has 0 aliphatic rings. The summed E-state index contributed by atoms with van der Waals surface area (Å²) in [5.41, 5.74) is 2.16. The first kappa shape index (κ1) is 17.2. The molecule has 0 fully saturated rings. The average molecular weight is 353 g/mol. The van der Waals surface area contributed by atoms with E-state index >= 15 is 0 Å². The number of halogens is 1. The summed E-state index contributed by atoms with van der Waals surface area (Å²) in [5, 5.41) is 4.00. The molecule has 0 radical (unpaired) electrons. The van der Waals surface area contributed by atoms with Crippen molar-refractivity contribution in [3.05, 3.63) is 77.1 Å². The standard InChI is InChI=1S/C20H21ClN4/c1-3-25(14-16-8-5-4-6-9-16)20-13-19(22-15(2)23-20)24-18-11-7-10-17(21)12-18/h4-13H,3,14H2,1-2H3,(H,22,23,24). The van der Waals surface area contributed by atoms with Gasteiger partial charge in [0, 0.05) is 29.9 Å². The predicted molar refractivity (Wildman–Crippen MR) is 105 cm³/mol. The summed E-state index contributed by atoms with van der Waals surface area (Å²) >= 11 is 6.06. The van der Waals surface area contributed by atoms with Crippen molar-refractivity contribution in [2.75, 3.05) is 16.8 Å². The van der Waals surface area contributed by atoms with Crippen molar-refractivity contribution in [3.8, 4) is 0 Å². The number of aryl methyl sites for hydroxylation is 1. The quantitative estimate of drug-likeness (QED) is 0.661. The van der Waals surface area contributed by atoms with E-state index in [1.807, 2.05) is 43.3 Å². The fraction of sp³-hybridized carbons (Fsp3) is 0.200. The Kier molecular flexibility index (Phi) is 5.51. The smallest absolute Gasteiger partial charge is 0.136 e. The van der Waals surface area contributed by atoms with Crippen molar-refractivity contribution in [3.63, 3.8) is 0 Å². The lowest BCUT2D eigenvalue weighted by Gasteiger charge is -2.23. The summed E-state index contributed by atoms with van der Waals surface area (Å²) in [6, 6.07) is 20.0. The molecular formula is C20H21ClN4. The Labute approximate surface area is 153 Å². The molecule has 4 nitrogen and oxygen atoms in total. The second-order valence-electron chi connectivity index (χ2n) is 5.79. The lowest BCUT2D eigenvalue weighted by atomic mass is 10.2. The van der Waals surface area contributed by atoms with Crippen LogP contribution in [0.4, 0.5) is 17.3 Å². The van der Waals surface area contributed by atoms with Crippen LogP contribution in [0.3, 0.4) is 0 Å². The SMILES string of the molecule is CCN(Cc1ccccc1)c1cc(Nc2cccc(Cl)c2)nc(C)n1. The second kappa shape index (κ2) is 7.99. The number of nitrogens with zero attached hydrogens (tertiary/aromatic N) is 3. The molecule has 5 heteroatoms. The van der Waals surface area contributed by atoms with Crippen LogP contribution < -0.4 is 10.2 Å². The Balaban J connectivity index is 1.84. The Morgan fingerprint density at radius 2 is 1.80 bits per heavy atom. The van der Waals surface area contributed by atoms with E-state index in [2.05, 4.69) is 51.4 Å². The summed E-state index contributed by atoms with van der Waals surface area (Å²) in [4.78, 5) is 11.3. The van der Waals surface area contributed by atoms with Crippen molar-refractivity contribution in [1.82, 2.24) is 9.97 Å². The first-order chi connectivity index (χ1) is 12.1. The molecule has 0 aliphatic carbocycles. The molecule has 0 unspecified atom stereocenters. The zero-order chi connectivity index (χ0) is 17.6. The van der Waals surface area contributed by atoms with Crippen molar-refractivity contribution >= 4 is 28.9 Å². The molecule has 3 rings (SSSR count). The highest BCUT2D eigenvalue weighted by Crippen LogP contribution is 2.23. The molecule has 0 bridgehead atoms. The molecule has 1 N–H and O–H groups in total. The fourth-order valence-electron chi connectivity index (χ4n) is 2.65. The fourth-order valence-corrected chi connectivity index (χ4v) is 2.84. The zero-order valence-electron chi connectivity index (χ0n) is 14.4. The van der Waals surface area contributed by atoms with Gasteiger partial charge in [-0.15, -0.1) is 0 Å². The summed E-state index contributed by atoms with van der Waals surface area (Å²) in [6.07, 6.45) is 0. The summed E-state index contributed by atoms with van der Waals surface area (Å²) in [5.74, 6) is 2.40. The van der Waals surface area contributed by atoms with E-state index in [-0.39, 0.29) is 0 Å². The first-order valence-corrected chi connectivity index (χ1v) is 8.69. The summed E-state index contributed by atoms with van der Waals surface area (Å²) < 4.78 is 0. The van der Waals surface area contributed by atoms with E-state index in [0.29, 0.717) is 5.02 Å². The van der Waals surface area contributed by atoms with E-state index in [4.69, 9.17) is 11.6 Å². The third-order valence-corrected chi connectivity index (χ3v) is 4.08. The van der Waals surface area contributed by atoms with Crippen molar-refractivity contribution < 1.29 is 0 Å². The van der Waals surface area contributed by atoms with Crippen molar-refractivity contribution in [1.29, 1.82) is 0 Å². The van der Waals surface area contributed by atoms with E-state index in [1.165, 1.54) is 5.56 Å². The molecule has 2 aromatic carbocycles. The Morgan fingerprint density at radius 3 is 2.52 bits per heavy atom. The Bertz CT molecular complexity index is 836. The molecule has 1 aromatic heterocycles. The van der Waals surface area contributed by atoms with Gasteiger partial charge >= 0.3 is 0 Å². The van der Waals surface area contributed by atoms with E-state index < -0.39 is 0 Å². The van der Waals surface area contributed by atoms with Gasteiger partial charge in [0.15, 0.2) is 0 Å². The second-order valence-corrected chi connectivity index (χ2v) is 6.23. The lowest BCUT2D eigenvalue weighted by Crippen LogP contribution is -2.23. The topological polar surface area (TPSA) is 41.0 Å². The molecule has 0 atom stereocenters. The van der Waals surface area contributed by atoms with Crippen molar-refractivity contribution in [2.45, 2.75) is 20.4 Å². The molecule has 128 valence electrons. The third kappa shape index (κ3) is 4.70. The summed E-state index contributed by atoms with van der Waals surface area (Å²) in [7, 11) is 0. The average Bonchev–Trinajstić information content (AvgIpc) is 2.60. The Morgan fingerprint density at radius 1 is 1.00 bits per heavy atom. The minimum Gasteiger partial charge on any atom is -0.352 e. The Hall–Kier alpha value is -2.59. The lowest BCUT2D eigenvalue weighted by molar-refractivity contribution is 0.805. The van der Waals surface area contributed by atoms with E-state index in [0.717, 1.165) is 36.2 Å². The van der Waals surface area contributed by atoms with Crippen LogP contribution in [-0.4, -0.2) is 16.5 Å². The molecule has 0 spiro atoms. The van der Waals surface area contributed by atoms with Gasteiger partial charge in [-0.1, -0.05) is 48.0 Å². The van der Waals surface area contributed by atoms with Crippen LogP contribution in [0.2, 0.25) is 5.02 Å². The monoisotopic (exact) mass is 352 g/mol. The maximum absolute atomic E-state index is 6.06. The normalized spacial score (nSPS) is 10.5. The number of benzene rings is 2. The third-order valence-electron chi connectivity index (χ3n) is 3.84. The molecule has 1 heterocycles. The number of nitrogens with one attached hydrogen (secondary N) is 1. The van der Waals surface area contributed by atoms with Gasteiger partial charge in [0.1, 0.15) is 17.5 Å². The molecule has 0 aliphatic heterocycles. The highest BCUT2D eigenvalue weighted by Gasteiger charge is 2.10. The van der Waals surface area contributed by atoms with Crippen LogP contribution in [0, 0.1) is 6.92 Å². The maximum Gasteiger partial charge on any atom is 0.136 e. The van der Waals surface area contributed by atoms with Crippen LogP contribution in [-0.2, 0) is 6.54 Å². The highest BCUT2D eigenvalue weighted by atomic mass is 35.5. The molecule has 3 aromatic rings. The van der Waals surface area contributed by atoms with Gasteiger partial charge in [0.05, 0.1) is 0 Å². The zero-order valence-corrected chi connectivity index (χ0v) is 15.2. The molecular weight excluding hydrogens is 332 g/mol. The van der Waals surface area contributed by atoms with Crippen LogP contribution in [0.15, 0.2) is 60.7 Å². The summed E-state index contributed by atoms with van der Waals surface area (Å²) in [6.45, 7) is 5.71. The van der Waals surface area contributed by atoms with Gasteiger partial charge in [0.2, 0.25) is 0 Å². The van der Waals surface area contributed by atoms with Gasteiger partial charge in [-0.3, -0.25) is 0 Å². The highest BCUT2D eigenvalue weighted by molar-refractivity contribution is 6.30. The number of aromatic nitrogens is 2. The van der Waals surface area contributed by atoms with Crippen molar-refractivity contribution in [2.24, 2.45) is 0 Å². The number of anilines is 3. The first-order valence-electron chi connectivity index (χ1n) is 8.31. The van der Waals surface area contributed by atoms with Gasteiger partial charge in [-0.25, -0.2) is 9.97 Å². The molecule has 0 saturated heterocycles. The van der Waals surface area contributed by atoms with Gasteiger partial charge < -0.3 is 10.2 Å². The predicted octanol–water partition coefficient (Wildman–Crippen LogP) is 5.21. The van der Waals surface area contributed by atoms with Gasteiger partial charge in [0.25, 0.3) is 0 Å².